The summed E-state index contributed by atoms with van der Waals surface area (Å²) in [5.74, 6) is 0.0852. The molecule has 2 rings (SSSR count). The Balaban J connectivity index is 2.30. The molecule has 0 aliphatic heterocycles. The molecule has 0 bridgehead atoms. The SMILES string of the molecule is CC(C)(C)[Si](C)(C)OC[C@@H](CC#N)c1ccnc2ccccc12. The maximum absolute atomic E-state index is 9.25. The van der Waals surface area contributed by atoms with Gasteiger partial charge in [-0.25, -0.2) is 0 Å². The van der Waals surface area contributed by atoms with Crippen molar-refractivity contribution in [2.45, 2.75) is 51.2 Å². The summed E-state index contributed by atoms with van der Waals surface area (Å²) in [6.45, 7) is 11.8. The van der Waals surface area contributed by atoms with E-state index in [4.69, 9.17) is 4.43 Å². The van der Waals surface area contributed by atoms with Crippen LogP contribution < -0.4 is 0 Å². The van der Waals surface area contributed by atoms with Crippen molar-refractivity contribution in [2.75, 3.05) is 6.61 Å². The van der Waals surface area contributed by atoms with Gasteiger partial charge in [0.25, 0.3) is 0 Å². The van der Waals surface area contributed by atoms with Gasteiger partial charge >= 0.3 is 0 Å². The second-order valence-electron chi connectivity index (χ2n) is 7.55. The largest absolute Gasteiger partial charge is 0.416 e. The van der Waals surface area contributed by atoms with Gasteiger partial charge in [-0.3, -0.25) is 4.98 Å². The van der Waals surface area contributed by atoms with Crippen LogP contribution in [0.25, 0.3) is 10.9 Å². The lowest BCUT2D eigenvalue weighted by molar-refractivity contribution is 0.264. The Bertz CT molecular complexity index is 708. The van der Waals surface area contributed by atoms with E-state index < -0.39 is 8.32 Å². The van der Waals surface area contributed by atoms with E-state index in [2.05, 4.69) is 51.0 Å². The van der Waals surface area contributed by atoms with Gasteiger partial charge in [0.2, 0.25) is 0 Å². The number of hydrogen-bond donors (Lipinski definition) is 0. The van der Waals surface area contributed by atoms with Gasteiger partial charge in [-0.2, -0.15) is 5.26 Å². The lowest BCUT2D eigenvalue weighted by Crippen LogP contribution is -2.41. The second kappa shape index (κ2) is 6.82. The number of nitrogens with zero attached hydrogens (tertiary/aromatic N) is 2. The van der Waals surface area contributed by atoms with Crippen LogP contribution in [-0.2, 0) is 4.43 Å². The molecule has 1 atom stereocenters. The smallest absolute Gasteiger partial charge is 0.192 e. The van der Waals surface area contributed by atoms with Gasteiger partial charge < -0.3 is 4.43 Å². The second-order valence-corrected chi connectivity index (χ2v) is 12.4. The molecule has 0 saturated heterocycles. The van der Waals surface area contributed by atoms with Crippen molar-refractivity contribution in [3.63, 3.8) is 0 Å². The quantitative estimate of drug-likeness (QED) is 0.705. The van der Waals surface area contributed by atoms with E-state index in [9.17, 15) is 5.26 Å². The number of fused-ring (bicyclic) bond motifs is 1. The summed E-state index contributed by atoms with van der Waals surface area (Å²) in [6.07, 6.45) is 2.29. The number of hydrogen-bond acceptors (Lipinski definition) is 3. The van der Waals surface area contributed by atoms with Gasteiger partial charge in [0, 0.05) is 30.5 Å². The van der Waals surface area contributed by atoms with Crippen LogP contribution in [0.5, 0.6) is 0 Å². The maximum Gasteiger partial charge on any atom is 0.192 e. The van der Waals surface area contributed by atoms with Crippen molar-refractivity contribution in [3.05, 3.63) is 42.1 Å². The molecule has 2 aromatic rings. The summed E-state index contributed by atoms with van der Waals surface area (Å²) in [7, 11) is -1.82. The number of aromatic nitrogens is 1. The highest BCUT2D eigenvalue weighted by molar-refractivity contribution is 6.74. The molecule has 0 aliphatic carbocycles. The third-order valence-electron chi connectivity index (χ3n) is 4.91. The van der Waals surface area contributed by atoms with Crippen LogP contribution in [-0.4, -0.2) is 19.9 Å². The van der Waals surface area contributed by atoms with Crippen molar-refractivity contribution in [1.29, 1.82) is 5.26 Å². The lowest BCUT2D eigenvalue weighted by Gasteiger charge is -2.37. The van der Waals surface area contributed by atoms with Crippen molar-refractivity contribution in [3.8, 4) is 6.07 Å². The van der Waals surface area contributed by atoms with Crippen LogP contribution >= 0.6 is 0 Å². The molecule has 0 aliphatic rings. The van der Waals surface area contributed by atoms with Crippen molar-refractivity contribution in [2.24, 2.45) is 0 Å². The Kier molecular flexibility index (Phi) is 5.23. The van der Waals surface area contributed by atoms with Crippen LogP contribution in [0.15, 0.2) is 36.5 Å². The van der Waals surface area contributed by atoms with Crippen LogP contribution in [0.4, 0.5) is 0 Å². The molecule has 1 heterocycles. The standard InChI is InChI=1S/C19H26N2OSi/c1-19(2,3)23(4,5)22-14-15(10-12-20)16-11-13-21-18-9-7-6-8-17(16)18/h6-9,11,13,15H,10,14H2,1-5H3/t15-/m1/s1. The highest BCUT2D eigenvalue weighted by Gasteiger charge is 2.37. The average Bonchev–Trinajstić information content (AvgIpc) is 2.50. The molecule has 0 N–H and O–H groups in total. The summed E-state index contributed by atoms with van der Waals surface area (Å²) >= 11 is 0. The summed E-state index contributed by atoms with van der Waals surface area (Å²) in [5.41, 5.74) is 2.14. The van der Waals surface area contributed by atoms with E-state index in [-0.39, 0.29) is 11.0 Å². The van der Waals surface area contributed by atoms with Gasteiger partial charge in [0.15, 0.2) is 8.32 Å². The minimum atomic E-state index is -1.82. The first-order chi connectivity index (χ1) is 10.8. The zero-order chi connectivity index (χ0) is 17.1. The molecule has 0 unspecified atom stereocenters. The van der Waals surface area contributed by atoms with E-state index in [0.717, 1.165) is 16.5 Å². The Morgan fingerprint density at radius 1 is 1.22 bits per heavy atom. The topological polar surface area (TPSA) is 45.9 Å². The van der Waals surface area contributed by atoms with Crippen molar-refractivity contribution in [1.82, 2.24) is 4.98 Å². The highest BCUT2D eigenvalue weighted by atomic mass is 28.4. The fourth-order valence-electron chi connectivity index (χ4n) is 2.37. The molecule has 3 nitrogen and oxygen atoms in total. The number of benzene rings is 1. The van der Waals surface area contributed by atoms with Gasteiger partial charge in [0.05, 0.1) is 11.6 Å². The maximum atomic E-state index is 9.25. The van der Waals surface area contributed by atoms with Crippen LogP contribution in [0.2, 0.25) is 18.1 Å². The Morgan fingerprint density at radius 2 is 1.91 bits per heavy atom. The summed E-state index contributed by atoms with van der Waals surface area (Å²) in [5, 5.41) is 10.5. The number of rotatable bonds is 5. The predicted octanol–water partition coefficient (Wildman–Crippen LogP) is 5.25. The molecule has 1 aromatic heterocycles. The van der Waals surface area contributed by atoms with Gasteiger partial charge in [0.1, 0.15) is 0 Å². The Hall–Kier alpha value is -1.70. The zero-order valence-corrected chi connectivity index (χ0v) is 15.8. The molecule has 0 spiro atoms. The summed E-state index contributed by atoms with van der Waals surface area (Å²) in [4.78, 5) is 4.42. The fourth-order valence-corrected chi connectivity index (χ4v) is 3.42. The molecule has 4 heteroatoms. The predicted molar refractivity (Wildman–Crippen MR) is 97.9 cm³/mol. The van der Waals surface area contributed by atoms with Crippen molar-refractivity contribution >= 4 is 19.2 Å². The molecular formula is C19H26N2OSi. The van der Waals surface area contributed by atoms with E-state index in [1.807, 2.05) is 30.5 Å². The molecule has 0 fully saturated rings. The van der Waals surface area contributed by atoms with E-state index in [1.165, 1.54) is 0 Å². The van der Waals surface area contributed by atoms with Crippen LogP contribution in [0.1, 0.15) is 38.7 Å². The fraction of sp³-hybridized carbons (Fsp3) is 0.474. The monoisotopic (exact) mass is 326 g/mol. The third-order valence-corrected chi connectivity index (χ3v) is 9.41. The van der Waals surface area contributed by atoms with Crippen LogP contribution in [0.3, 0.4) is 0 Å². The zero-order valence-electron chi connectivity index (χ0n) is 14.8. The first-order valence-corrected chi connectivity index (χ1v) is 11.0. The summed E-state index contributed by atoms with van der Waals surface area (Å²) < 4.78 is 6.38. The first kappa shape index (κ1) is 17.6. The molecule has 0 radical (unpaired) electrons. The van der Waals surface area contributed by atoms with Crippen LogP contribution in [0, 0.1) is 11.3 Å². The number of nitriles is 1. The molecule has 1 aromatic carbocycles. The molecule has 23 heavy (non-hydrogen) atoms. The summed E-state index contributed by atoms with van der Waals surface area (Å²) in [6, 6.07) is 12.4. The van der Waals surface area contributed by atoms with E-state index in [1.54, 1.807) is 0 Å². The van der Waals surface area contributed by atoms with Gasteiger partial charge in [-0.05, 0) is 35.8 Å². The van der Waals surface area contributed by atoms with E-state index >= 15 is 0 Å². The minimum Gasteiger partial charge on any atom is -0.416 e. The highest BCUT2D eigenvalue weighted by Crippen LogP contribution is 2.38. The number of para-hydroxylation sites is 1. The Morgan fingerprint density at radius 3 is 2.57 bits per heavy atom. The molecule has 122 valence electrons. The third kappa shape index (κ3) is 3.98. The number of pyridine rings is 1. The van der Waals surface area contributed by atoms with E-state index in [0.29, 0.717) is 13.0 Å². The lowest BCUT2D eigenvalue weighted by atomic mass is 9.94. The van der Waals surface area contributed by atoms with Gasteiger partial charge in [-0.15, -0.1) is 0 Å². The normalized spacial score (nSPS) is 13.7. The molecule has 0 saturated carbocycles. The van der Waals surface area contributed by atoms with Crippen molar-refractivity contribution < 1.29 is 4.43 Å². The minimum absolute atomic E-state index is 0.0852. The van der Waals surface area contributed by atoms with Gasteiger partial charge in [-0.1, -0.05) is 39.0 Å². The first-order valence-electron chi connectivity index (χ1n) is 8.11. The molecule has 0 amide bonds. The molecular weight excluding hydrogens is 300 g/mol. The average molecular weight is 327 g/mol. The Labute approximate surface area is 140 Å².